The molecule has 1 aliphatic rings. The average Bonchev–Trinajstić information content (AvgIpc) is 3.34. The van der Waals surface area contributed by atoms with E-state index in [0.717, 1.165) is 60.7 Å². The van der Waals surface area contributed by atoms with Crippen molar-refractivity contribution in [2.45, 2.75) is 37.8 Å². The minimum Gasteiger partial charge on any atom is -0.478 e. The van der Waals surface area contributed by atoms with E-state index in [1.165, 1.54) is 12.3 Å². The maximum absolute atomic E-state index is 14.1. The molecule has 4 N–H and O–H groups in total. The summed E-state index contributed by atoms with van der Waals surface area (Å²) in [5.41, 5.74) is 5.92. The number of halogens is 2. The van der Waals surface area contributed by atoms with Crippen LogP contribution in [0, 0.1) is 11.6 Å². The SMILES string of the molecule is CN[C@H]1CC[C@H](Oc2sncc2NC(=O)c2nc(-c3c(F)cccc3F)sc2N)CC1. The highest BCUT2D eigenvalue weighted by Gasteiger charge is 2.25. The Balaban J connectivity index is 1.48. The van der Waals surface area contributed by atoms with Crippen LogP contribution in [0.2, 0.25) is 0 Å². The highest BCUT2D eigenvalue weighted by molar-refractivity contribution is 7.19. The first kappa shape index (κ1) is 21.6. The number of thiazole rings is 1. The standard InChI is InChI=1S/C20H21F2N5O2S2/c1-24-10-5-7-11(8-6-10)29-20-14(9-25-31-20)26-18(28)16-17(23)30-19(27-16)15-12(21)3-2-4-13(15)22/h2-4,9-11,24H,5-8,23H2,1H3,(H,26,28)/t10-,11-. The van der Waals surface area contributed by atoms with Gasteiger partial charge in [-0.25, -0.2) is 13.8 Å². The summed E-state index contributed by atoms with van der Waals surface area (Å²) in [5.74, 6) is -2.14. The lowest BCUT2D eigenvalue weighted by Crippen LogP contribution is -2.34. The monoisotopic (exact) mass is 465 g/mol. The van der Waals surface area contributed by atoms with Crippen LogP contribution in [0.25, 0.3) is 10.6 Å². The Morgan fingerprint density at radius 1 is 1.23 bits per heavy atom. The number of nitrogens with one attached hydrogen (secondary N) is 2. The molecule has 1 aliphatic carbocycles. The zero-order chi connectivity index (χ0) is 22.0. The predicted octanol–water partition coefficient (Wildman–Crippen LogP) is 4.29. The fourth-order valence-electron chi connectivity index (χ4n) is 3.50. The molecule has 164 valence electrons. The summed E-state index contributed by atoms with van der Waals surface area (Å²) in [6.45, 7) is 0. The summed E-state index contributed by atoms with van der Waals surface area (Å²) in [7, 11) is 1.96. The van der Waals surface area contributed by atoms with Gasteiger partial charge in [0.1, 0.15) is 27.3 Å². The number of hydrogen-bond donors (Lipinski definition) is 3. The first-order valence-electron chi connectivity index (χ1n) is 9.77. The number of ether oxygens (including phenoxy) is 1. The molecule has 0 atom stereocenters. The van der Waals surface area contributed by atoms with Crippen molar-refractivity contribution in [3.63, 3.8) is 0 Å². The van der Waals surface area contributed by atoms with Crippen LogP contribution in [0.3, 0.4) is 0 Å². The molecule has 0 spiro atoms. The summed E-state index contributed by atoms with van der Waals surface area (Å²) in [6, 6.07) is 4.01. The normalized spacial score (nSPS) is 18.7. The molecule has 1 amide bonds. The number of aromatic nitrogens is 2. The number of carbonyl (C=O) groups excluding carboxylic acids is 1. The maximum atomic E-state index is 14.1. The van der Waals surface area contributed by atoms with Gasteiger partial charge >= 0.3 is 0 Å². The summed E-state index contributed by atoms with van der Waals surface area (Å²) in [6.07, 6.45) is 5.41. The quantitative estimate of drug-likeness (QED) is 0.502. The van der Waals surface area contributed by atoms with Crippen molar-refractivity contribution in [2.24, 2.45) is 0 Å². The number of hydrogen-bond acceptors (Lipinski definition) is 8. The minimum atomic E-state index is -0.772. The highest BCUT2D eigenvalue weighted by atomic mass is 32.1. The van der Waals surface area contributed by atoms with Gasteiger partial charge < -0.3 is 21.1 Å². The van der Waals surface area contributed by atoms with Crippen LogP contribution in [0.5, 0.6) is 5.06 Å². The van der Waals surface area contributed by atoms with Gasteiger partial charge in [0.2, 0.25) is 5.06 Å². The topological polar surface area (TPSA) is 102 Å². The van der Waals surface area contributed by atoms with Crippen LogP contribution in [0.4, 0.5) is 19.5 Å². The molecule has 0 aliphatic heterocycles. The summed E-state index contributed by atoms with van der Waals surface area (Å²) in [4.78, 5) is 16.8. The molecule has 2 heterocycles. The number of rotatable bonds is 6. The van der Waals surface area contributed by atoms with Crippen LogP contribution in [0.1, 0.15) is 36.2 Å². The van der Waals surface area contributed by atoms with Crippen LogP contribution in [0.15, 0.2) is 24.4 Å². The molecule has 0 radical (unpaired) electrons. The molecule has 0 unspecified atom stereocenters. The van der Waals surface area contributed by atoms with Crippen molar-refractivity contribution < 1.29 is 18.3 Å². The molecule has 1 fully saturated rings. The van der Waals surface area contributed by atoms with E-state index in [1.807, 2.05) is 7.05 Å². The summed E-state index contributed by atoms with van der Waals surface area (Å²) >= 11 is 1.99. The third-order valence-electron chi connectivity index (χ3n) is 5.19. The average molecular weight is 466 g/mol. The molecule has 2 aromatic heterocycles. The highest BCUT2D eigenvalue weighted by Crippen LogP contribution is 2.36. The van der Waals surface area contributed by atoms with Crippen molar-refractivity contribution in [3.05, 3.63) is 41.7 Å². The second kappa shape index (κ2) is 9.25. The molecule has 0 saturated heterocycles. The van der Waals surface area contributed by atoms with Gasteiger partial charge in [0, 0.05) is 17.6 Å². The Kier molecular flexibility index (Phi) is 6.44. The van der Waals surface area contributed by atoms with Crippen molar-refractivity contribution in [2.75, 3.05) is 18.1 Å². The van der Waals surface area contributed by atoms with Gasteiger partial charge in [-0.1, -0.05) is 17.4 Å². The fourth-order valence-corrected chi connectivity index (χ4v) is 5.02. The van der Waals surface area contributed by atoms with Gasteiger partial charge in [-0.15, -0.1) is 0 Å². The van der Waals surface area contributed by atoms with E-state index in [-0.39, 0.29) is 27.4 Å². The molecular formula is C20H21F2N5O2S2. The molecule has 31 heavy (non-hydrogen) atoms. The van der Waals surface area contributed by atoms with Gasteiger partial charge in [-0.2, -0.15) is 4.37 Å². The molecular weight excluding hydrogens is 444 g/mol. The molecule has 4 rings (SSSR count). The lowest BCUT2D eigenvalue weighted by Gasteiger charge is -2.28. The first-order chi connectivity index (χ1) is 15.0. The van der Waals surface area contributed by atoms with Crippen molar-refractivity contribution >= 4 is 39.5 Å². The van der Waals surface area contributed by atoms with E-state index in [4.69, 9.17) is 10.5 Å². The maximum Gasteiger partial charge on any atom is 0.277 e. The smallest absolute Gasteiger partial charge is 0.277 e. The number of benzene rings is 1. The zero-order valence-corrected chi connectivity index (χ0v) is 18.3. The lowest BCUT2D eigenvalue weighted by atomic mass is 9.93. The van der Waals surface area contributed by atoms with Gasteiger partial charge in [0.25, 0.3) is 5.91 Å². The van der Waals surface area contributed by atoms with Gasteiger partial charge in [-0.05, 0) is 44.9 Å². The van der Waals surface area contributed by atoms with E-state index in [1.54, 1.807) is 0 Å². The van der Waals surface area contributed by atoms with Gasteiger partial charge in [-0.3, -0.25) is 4.79 Å². The minimum absolute atomic E-state index is 0.000500. The Labute approximate surface area is 185 Å². The largest absolute Gasteiger partial charge is 0.478 e. The van der Waals surface area contributed by atoms with Crippen LogP contribution < -0.4 is 21.1 Å². The number of nitrogens with two attached hydrogens (primary N) is 1. The van der Waals surface area contributed by atoms with Crippen LogP contribution in [-0.2, 0) is 0 Å². The number of carbonyl (C=O) groups is 1. The molecule has 11 heteroatoms. The Hall–Kier alpha value is -2.63. The van der Waals surface area contributed by atoms with Crippen molar-refractivity contribution in [1.82, 2.24) is 14.7 Å². The number of anilines is 2. The van der Waals surface area contributed by atoms with E-state index < -0.39 is 17.5 Å². The number of amides is 1. The lowest BCUT2D eigenvalue weighted by molar-refractivity contribution is 0.102. The third-order valence-corrected chi connectivity index (χ3v) is 6.78. The van der Waals surface area contributed by atoms with E-state index in [0.29, 0.717) is 16.8 Å². The van der Waals surface area contributed by atoms with Gasteiger partial charge in [0.05, 0.1) is 17.9 Å². The summed E-state index contributed by atoms with van der Waals surface area (Å²) < 4.78 is 38.3. The third kappa shape index (κ3) is 4.68. The fraction of sp³-hybridized carbons (Fsp3) is 0.350. The molecule has 1 saturated carbocycles. The molecule has 3 aromatic rings. The number of nitrogen functional groups attached to an aromatic ring is 1. The predicted molar refractivity (Wildman–Crippen MR) is 118 cm³/mol. The molecule has 0 bridgehead atoms. The van der Waals surface area contributed by atoms with Crippen molar-refractivity contribution in [3.8, 4) is 15.6 Å². The second-order valence-corrected chi connectivity index (χ2v) is 8.98. The van der Waals surface area contributed by atoms with E-state index >= 15 is 0 Å². The molecule has 7 nitrogen and oxygen atoms in total. The summed E-state index contributed by atoms with van der Waals surface area (Å²) in [5, 5.41) is 6.55. The van der Waals surface area contributed by atoms with Crippen molar-refractivity contribution in [1.29, 1.82) is 0 Å². The van der Waals surface area contributed by atoms with Crippen LogP contribution >= 0.6 is 22.9 Å². The Morgan fingerprint density at radius 2 is 1.94 bits per heavy atom. The van der Waals surface area contributed by atoms with E-state index in [9.17, 15) is 13.6 Å². The van der Waals surface area contributed by atoms with Crippen LogP contribution in [-0.4, -0.2) is 34.5 Å². The Bertz CT molecular complexity index is 1060. The second-order valence-electron chi connectivity index (χ2n) is 7.19. The molecule has 1 aromatic carbocycles. The first-order valence-corrected chi connectivity index (χ1v) is 11.4. The van der Waals surface area contributed by atoms with E-state index in [2.05, 4.69) is 20.0 Å². The zero-order valence-electron chi connectivity index (χ0n) is 16.7. The van der Waals surface area contributed by atoms with Gasteiger partial charge in [0.15, 0.2) is 5.69 Å². The number of nitrogens with zero attached hydrogens (tertiary/aromatic N) is 2. The Morgan fingerprint density at radius 3 is 2.61 bits per heavy atom.